The van der Waals surface area contributed by atoms with Gasteiger partial charge in [0.05, 0.1) is 6.54 Å². The molecule has 0 aromatic rings. The van der Waals surface area contributed by atoms with Gasteiger partial charge in [-0.1, -0.05) is 0 Å². The Hall–Kier alpha value is -0.650. The molecule has 0 aliphatic carbocycles. The second kappa shape index (κ2) is 6.33. The number of hydrogen-bond acceptors (Lipinski definition) is 4. The van der Waals surface area contributed by atoms with Gasteiger partial charge in [0.15, 0.2) is 0 Å². The fraction of sp³-hybridized carbons (Fsp3) is 0.917. The fourth-order valence-corrected chi connectivity index (χ4v) is 2.47. The van der Waals surface area contributed by atoms with Crippen LogP contribution >= 0.6 is 0 Å². The third kappa shape index (κ3) is 4.26. The zero-order chi connectivity index (χ0) is 12.1. The maximum Gasteiger partial charge on any atom is 0.234 e. The normalized spacial score (nSPS) is 27.9. The van der Waals surface area contributed by atoms with Gasteiger partial charge in [-0.05, 0) is 19.8 Å². The summed E-state index contributed by atoms with van der Waals surface area (Å²) < 4.78 is 5.28. The largest absolute Gasteiger partial charge is 0.381 e. The van der Waals surface area contributed by atoms with Crippen LogP contribution in [0.2, 0.25) is 0 Å². The predicted octanol–water partition coefficient (Wildman–Crippen LogP) is -0.425. The summed E-state index contributed by atoms with van der Waals surface area (Å²) in [4.78, 5) is 14.1. The number of rotatable bonds is 3. The molecule has 2 fully saturated rings. The average molecular weight is 241 g/mol. The van der Waals surface area contributed by atoms with E-state index in [0.29, 0.717) is 18.6 Å². The number of piperazine rings is 1. The number of carbonyl (C=O) groups is 1. The Morgan fingerprint density at radius 3 is 2.94 bits per heavy atom. The second-order valence-electron chi connectivity index (χ2n) is 5.04. The highest BCUT2D eigenvalue weighted by Gasteiger charge is 2.20. The maximum absolute atomic E-state index is 11.9. The molecule has 2 N–H and O–H groups in total. The van der Waals surface area contributed by atoms with E-state index in [1.165, 1.54) is 0 Å². The first-order chi connectivity index (χ1) is 8.24. The van der Waals surface area contributed by atoms with Crippen LogP contribution in [0.15, 0.2) is 0 Å². The van der Waals surface area contributed by atoms with E-state index in [-0.39, 0.29) is 5.91 Å². The second-order valence-corrected chi connectivity index (χ2v) is 5.04. The first-order valence-electron chi connectivity index (χ1n) is 6.57. The minimum Gasteiger partial charge on any atom is -0.381 e. The summed E-state index contributed by atoms with van der Waals surface area (Å²) >= 11 is 0. The highest BCUT2D eigenvalue weighted by molar-refractivity contribution is 5.78. The third-order valence-electron chi connectivity index (χ3n) is 3.41. The van der Waals surface area contributed by atoms with Crippen LogP contribution in [0.4, 0.5) is 0 Å². The molecule has 0 saturated carbocycles. The Morgan fingerprint density at radius 1 is 1.47 bits per heavy atom. The van der Waals surface area contributed by atoms with E-state index in [0.717, 1.165) is 45.7 Å². The molecule has 1 atom stereocenters. The lowest BCUT2D eigenvalue weighted by Gasteiger charge is -2.32. The first kappa shape index (κ1) is 12.8. The van der Waals surface area contributed by atoms with Crippen molar-refractivity contribution in [3.8, 4) is 0 Å². The van der Waals surface area contributed by atoms with Crippen LogP contribution in [0.3, 0.4) is 0 Å². The van der Waals surface area contributed by atoms with Gasteiger partial charge in [-0.2, -0.15) is 0 Å². The van der Waals surface area contributed by atoms with E-state index in [4.69, 9.17) is 4.74 Å². The van der Waals surface area contributed by atoms with Gasteiger partial charge in [0.2, 0.25) is 5.91 Å². The molecule has 0 aromatic carbocycles. The third-order valence-corrected chi connectivity index (χ3v) is 3.41. The van der Waals surface area contributed by atoms with Crippen molar-refractivity contribution in [2.45, 2.75) is 31.8 Å². The monoisotopic (exact) mass is 241 g/mol. The molecule has 0 radical (unpaired) electrons. The van der Waals surface area contributed by atoms with E-state index in [2.05, 4.69) is 22.5 Å². The highest BCUT2D eigenvalue weighted by Crippen LogP contribution is 2.06. The summed E-state index contributed by atoms with van der Waals surface area (Å²) in [5.41, 5.74) is 0. The zero-order valence-corrected chi connectivity index (χ0v) is 10.6. The summed E-state index contributed by atoms with van der Waals surface area (Å²) in [5.74, 6) is 0.158. The Bertz CT molecular complexity index is 254. The van der Waals surface area contributed by atoms with Gasteiger partial charge in [-0.3, -0.25) is 9.69 Å². The van der Waals surface area contributed by atoms with Crippen molar-refractivity contribution in [3.63, 3.8) is 0 Å². The van der Waals surface area contributed by atoms with Crippen LogP contribution < -0.4 is 10.6 Å². The molecule has 2 rings (SSSR count). The lowest BCUT2D eigenvalue weighted by molar-refractivity contribution is -0.123. The lowest BCUT2D eigenvalue weighted by atomic mass is 10.1. The van der Waals surface area contributed by atoms with E-state index in [9.17, 15) is 4.79 Å². The Morgan fingerprint density at radius 2 is 2.24 bits per heavy atom. The van der Waals surface area contributed by atoms with Crippen LogP contribution in [0.25, 0.3) is 0 Å². The molecule has 0 bridgehead atoms. The summed E-state index contributed by atoms with van der Waals surface area (Å²) in [6, 6.07) is 0.802. The molecule has 0 spiro atoms. The number of ether oxygens (including phenoxy) is 1. The van der Waals surface area contributed by atoms with Crippen molar-refractivity contribution in [2.24, 2.45) is 0 Å². The number of nitrogens with one attached hydrogen (secondary N) is 2. The highest BCUT2D eigenvalue weighted by atomic mass is 16.5. The summed E-state index contributed by atoms with van der Waals surface area (Å²) in [7, 11) is 0. The van der Waals surface area contributed by atoms with E-state index in [1.807, 2.05) is 0 Å². The summed E-state index contributed by atoms with van der Waals surface area (Å²) in [5, 5.41) is 6.48. The quantitative estimate of drug-likeness (QED) is 0.704. The fourth-order valence-electron chi connectivity index (χ4n) is 2.47. The predicted molar refractivity (Wildman–Crippen MR) is 65.9 cm³/mol. The zero-order valence-electron chi connectivity index (χ0n) is 10.6. The minimum atomic E-state index is 0.158. The standard InChI is InChI=1S/C12H23N3O2/c1-10-8-15(5-4-13-10)9-12(16)14-11-2-6-17-7-3-11/h10-11,13H,2-9H2,1H3,(H,14,16)/t10-/m1/s1. The average Bonchev–Trinajstić information content (AvgIpc) is 2.30. The van der Waals surface area contributed by atoms with Crippen molar-refractivity contribution in [2.75, 3.05) is 39.4 Å². The van der Waals surface area contributed by atoms with Crippen molar-refractivity contribution >= 4 is 5.91 Å². The van der Waals surface area contributed by atoms with Gasteiger partial charge < -0.3 is 15.4 Å². The summed E-state index contributed by atoms with van der Waals surface area (Å²) in [6.45, 7) is 7.13. The van der Waals surface area contributed by atoms with Crippen molar-refractivity contribution in [1.82, 2.24) is 15.5 Å². The van der Waals surface area contributed by atoms with Crippen molar-refractivity contribution in [1.29, 1.82) is 0 Å². The van der Waals surface area contributed by atoms with Gasteiger partial charge in [-0.15, -0.1) is 0 Å². The van der Waals surface area contributed by atoms with E-state index < -0.39 is 0 Å². The molecule has 17 heavy (non-hydrogen) atoms. The molecule has 2 aliphatic rings. The molecule has 5 heteroatoms. The molecule has 0 unspecified atom stereocenters. The number of hydrogen-bond donors (Lipinski definition) is 2. The summed E-state index contributed by atoms with van der Waals surface area (Å²) in [6.07, 6.45) is 1.90. The Labute approximate surface area is 103 Å². The first-order valence-corrected chi connectivity index (χ1v) is 6.57. The number of nitrogens with zero attached hydrogens (tertiary/aromatic N) is 1. The van der Waals surface area contributed by atoms with Gasteiger partial charge in [-0.25, -0.2) is 0 Å². The lowest BCUT2D eigenvalue weighted by Crippen LogP contribution is -2.52. The van der Waals surface area contributed by atoms with Crippen LogP contribution in [-0.2, 0) is 9.53 Å². The molecule has 2 saturated heterocycles. The number of amides is 1. The number of carbonyl (C=O) groups excluding carboxylic acids is 1. The van der Waals surface area contributed by atoms with Crippen LogP contribution in [-0.4, -0.2) is 62.3 Å². The Kier molecular flexibility index (Phi) is 4.76. The van der Waals surface area contributed by atoms with Crippen molar-refractivity contribution in [3.05, 3.63) is 0 Å². The Balaban J connectivity index is 1.68. The van der Waals surface area contributed by atoms with Gasteiger partial charge in [0, 0.05) is 44.9 Å². The van der Waals surface area contributed by atoms with Gasteiger partial charge in [0.1, 0.15) is 0 Å². The van der Waals surface area contributed by atoms with E-state index >= 15 is 0 Å². The molecular weight excluding hydrogens is 218 g/mol. The SMILES string of the molecule is C[C@@H]1CN(CC(=O)NC2CCOCC2)CCN1. The topological polar surface area (TPSA) is 53.6 Å². The van der Waals surface area contributed by atoms with Crippen LogP contribution in [0, 0.1) is 0 Å². The molecule has 1 amide bonds. The van der Waals surface area contributed by atoms with E-state index in [1.54, 1.807) is 0 Å². The van der Waals surface area contributed by atoms with Gasteiger partial charge in [0.25, 0.3) is 0 Å². The van der Waals surface area contributed by atoms with Gasteiger partial charge >= 0.3 is 0 Å². The minimum absolute atomic E-state index is 0.158. The molecule has 5 nitrogen and oxygen atoms in total. The van der Waals surface area contributed by atoms with Crippen molar-refractivity contribution < 1.29 is 9.53 Å². The maximum atomic E-state index is 11.9. The molecule has 0 aromatic heterocycles. The smallest absolute Gasteiger partial charge is 0.234 e. The van der Waals surface area contributed by atoms with Crippen LogP contribution in [0.5, 0.6) is 0 Å². The molecule has 2 heterocycles. The molecular formula is C12H23N3O2. The molecule has 98 valence electrons. The van der Waals surface area contributed by atoms with Crippen LogP contribution in [0.1, 0.15) is 19.8 Å². The molecule has 2 aliphatic heterocycles.